The summed E-state index contributed by atoms with van der Waals surface area (Å²) in [6.45, 7) is 1.22. The van der Waals surface area contributed by atoms with E-state index in [4.69, 9.17) is 0 Å². The van der Waals surface area contributed by atoms with Crippen LogP contribution >= 0.6 is 0 Å². The van der Waals surface area contributed by atoms with E-state index in [0.29, 0.717) is 16.8 Å². The van der Waals surface area contributed by atoms with E-state index >= 15 is 0 Å². The fourth-order valence-corrected chi connectivity index (χ4v) is 5.56. The van der Waals surface area contributed by atoms with Crippen molar-refractivity contribution in [3.05, 3.63) is 137 Å². The molecule has 5 amide bonds. The maximum atomic E-state index is 14.0. The van der Waals surface area contributed by atoms with Gasteiger partial charge in [-0.2, -0.15) is 13.2 Å². The van der Waals surface area contributed by atoms with Crippen LogP contribution in [0.4, 0.5) is 23.2 Å². The number of carbonyl (C=O) groups is 6. The van der Waals surface area contributed by atoms with E-state index in [-0.39, 0.29) is 37.7 Å². The third-order valence-corrected chi connectivity index (χ3v) is 8.64. The van der Waals surface area contributed by atoms with E-state index in [1.807, 2.05) is 0 Å². The Morgan fingerprint density at radius 3 is 1.47 bits per heavy atom. The lowest BCUT2D eigenvalue weighted by Crippen LogP contribution is -2.58. The first kappa shape index (κ1) is 43.2. The van der Waals surface area contributed by atoms with Crippen molar-refractivity contribution >= 4 is 41.2 Å². The zero-order valence-electron chi connectivity index (χ0n) is 30.6. The van der Waals surface area contributed by atoms with E-state index < -0.39 is 77.2 Å². The van der Waals surface area contributed by atoms with E-state index in [0.717, 1.165) is 36.4 Å². The number of aliphatic carboxylic acids is 1. The van der Waals surface area contributed by atoms with Gasteiger partial charge in [0.25, 0.3) is 0 Å². The number of hydrogen-bond donors (Lipinski definition) is 6. The second-order valence-corrected chi connectivity index (χ2v) is 13.1. The van der Waals surface area contributed by atoms with Crippen LogP contribution in [0.1, 0.15) is 42.0 Å². The predicted molar refractivity (Wildman–Crippen MR) is 201 cm³/mol. The van der Waals surface area contributed by atoms with Gasteiger partial charge in [-0.25, -0.2) is 4.39 Å². The van der Waals surface area contributed by atoms with Crippen LogP contribution < -0.4 is 26.6 Å². The second-order valence-electron chi connectivity index (χ2n) is 13.1. The van der Waals surface area contributed by atoms with Crippen LogP contribution in [0.15, 0.2) is 109 Å². The molecule has 4 rings (SSSR count). The van der Waals surface area contributed by atoms with Gasteiger partial charge in [0.15, 0.2) is 0 Å². The maximum Gasteiger partial charge on any atom is 0.416 e. The summed E-state index contributed by atoms with van der Waals surface area (Å²) >= 11 is 0. The topological polar surface area (TPSA) is 183 Å². The van der Waals surface area contributed by atoms with Gasteiger partial charge in [0.05, 0.1) is 5.56 Å². The molecule has 0 saturated heterocycles. The van der Waals surface area contributed by atoms with Gasteiger partial charge < -0.3 is 31.7 Å². The molecule has 0 heterocycles. The fraction of sp³-hybridized carbons (Fsp3) is 0.268. The molecule has 0 unspecified atom stereocenters. The average molecular weight is 792 g/mol. The monoisotopic (exact) mass is 791 g/mol. The molecule has 0 fully saturated rings. The smallest absolute Gasteiger partial charge is 0.416 e. The van der Waals surface area contributed by atoms with Gasteiger partial charge in [-0.3, -0.25) is 28.8 Å². The van der Waals surface area contributed by atoms with Crippen LogP contribution in [-0.2, 0) is 54.2 Å². The molecular weight excluding hydrogens is 750 g/mol. The summed E-state index contributed by atoms with van der Waals surface area (Å²) in [4.78, 5) is 78.5. The zero-order valence-corrected chi connectivity index (χ0v) is 30.6. The Bertz CT molecular complexity index is 2000. The summed E-state index contributed by atoms with van der Waals surface area (Å²) in [5, 5.41) is 22.0. The summed E-state index contributed by atoms with van der Waals surface area (Å²) in [6.07, 6.45) is -5.93. The summed E-state index contributed by atoms with van der Waals surface area (Å²) in [5.41, 5.74) is 0.741. The number of nitrogens with one attached hydrogen (secondary N) is 5. The molecule has 4 aromatic carbocycles. The first-order valence-electron chi connectivity index (χ1n) is 17.8. The Kier molecular flexibility index (Phi) is 15.4. The molecule has 0 bridgehead atoms. The molecular formula is C41H41F4N5O7. The number of carboxylic acids is 1. The lowest BCUT2D eigenvalue weighted by atomic mass is 10.00. The van der Waals surface area contributed by atoms with Crippen molar-refractivity contribution in [2.24, 2.45) is 0 Å². The molecule has 4 atom stereocenters. The minimum Gasteiger partial charge on any atom is -0.480 e. The van der Waals surface area contributed by atoms with E-state index in [2.05, 4.69) is 26.6 Å². The second kappa shape index (κ2) is 20.4. The van der Waals surface area contributed by atoms with Crippen LogP contribution in [0, 0.1) is 5.82 Å². The van der Waals surface area contributed by atoms with Crippen LogP contribution in [0.25, 0.3) is 0 Å². The number of benzene rings is 4. The normalized spacial score (nSPS) is 13.2. The first-order valence-corrected chi connectivity index (χ1v) is 17.8. The summed E-state index contributed by atoms with van der Waals surface area (Å²) in [5.74, 6) is -5.82. The number of carboxylic acid groups (broad SMARTS) is 1. The number of hydrogen-bond acceptors (Lipinski definition) is 6. The average Bonchev–Trinajstić information content (AvgIpc) is 3.17. The Hall–Kier alpha value is -6.58. The van der Waals surface area contributed by atoms with Crippen LogP contribution in [0.5, 0.6) is 0 Å². The molecule has 0 aliphatic heterocycles. The van der Waals surface area contributed by atoms with Crippen LogP contribution in [0.3, 0.4) is 0 Å². The van der Waals surface area contributed by atoms with Gasteiger partial charge in [-0.15, -0.1) is 0 Å². The van der Waals surface area contributed by atoms with Crippen LogP contribution in [-0.4, -0.2) is 64.8 Å². The van der Waals surface area contributed by atoms with Gasteiger partial charge in [-0.05, 0) is 60.0 Å². The Morgan fingerprint density at radius 1 is 0.561 bits per heavy atom. The van der Waals surface area contributed by atoms with E-state index in [1.165, 1.54) is 19.1 Å². The molecule has 4 aromatic rings. The Labute approximate surface area is 325 Å². The lowest BCUT2D eigenvalue weighted by Gasteiger charge is -2.26. The minimum atomic E-state index is -4.65. The van der Waals surface area contributed by atoms with Crippen molar-refractivity contribution in [1.82, 2.24) is 21.3 Å². The number of alkyl halides is 3. The molecule has 57 heavy (non-hydrogen) atoms. The Balaban J connectivity index is 1.60. The molecule has 0 spiro atoms. The highest BCUT2D eigenvalue weighted by Gasteiger charge is 2.33. The third kappa shape index (κ3) is 14.2. The van der Waals surface area contributed by atoms with Crippen molar-refractivity contribution < 1.29 is 51.4 Å². The minimum absolute atomic E-state index is 0.104. The highest BCUT2D eigenvalue weighted by molar-refractivity contribution is 5.96. The van der Waals surface area contributed by atoms with E-state index in [9.17, 15) is 51.4 Å². The first-order chi connectivity index (χ1) is 27.1. The number of rotatable bonds is 18. The van der Waals surface area contributed by atoms with Gasteiger partial charge in [0.1, 0.15) is 30.0 Å². The van der Waals surface area contributed by atoms with Crippen molar-refractivity contribution in [3.63, 3.8) is 0 Å². The summed E-state index contributed by atoms with van der Waals surface area (Å²) < 4.78 is 53.8. The van der Waals surface area contributed by atoms with Gasteiger partial charge in [-0.1, -0.05) is 72.8 Å². The lowest BCUT2D eigenvalue weighted by molar-refractivity contribution is -0.141. The zero-order chi connectivity index (χ0) is 41.5. The molecule has 12 nitrogen and oxygen atoms in total. The SMILES string of the molecule is C[C@H](NC(=O)[C@@H](Cc1ccccc1)NC(=O)[C@H](Cc1ccc(C(F)(F)F)cc1)NC(=O)[C@@H](Cc1ccc(F)cc1)NC(=O)CCC(=O)Nc1ccccc1)C(=O)O. The van der Waals surface area contributed by atoms with Crippen LogP contribution in [0.2, 0.25) is 0 Å². The molecule has 16 heteroatoms. The molecule has 0 saturated carbocycles. The van der Waals surface area contributed by atoms with Gasteiger partial charge in [0, 0.05) is 37.8 Å². The summed E-state index contributed by atoms with van der Waals surface area (Å²) in [7, 11) is 0. The van der Waals surface area contributed by atoms with Crippen molar-refractivity contribution in [2.75, 3.05) is 5.32 Å². The molecule has 0 aliphatic rings. The molecule has 0 aliphatic carbocycles. The highest BCUT2D eigenvalue weighted by atomic mass is 19.4. The fourth-order valence-electron chi connectivity index (χ4n) is 5.56. The number of halogens is 4. The van der Waals surface area contributed by atoms with E-state index in [1.54, 1.807) is 60.7 Å². The van der Waals surface area contributed by atoms with Crippen molar-refractivity contribution in [2.45, 2.75) is 69.4 Å². The maximum absolute atomic E-state index is 14.0. The molecule has 300 valence electrons. The number of anilines is 1. The predicted octanol–water partition coefficient (Wildman–Crippen LogP) is 4.34. The highest BCUT2D eigenvalue weighted by Crippen LogP contribution is 2.29. The molecule has 0 radical (unpaired) electrons. The Morgan fingerprint density at radius 2 is 0.982 bits per heavy atom. The quantitative estimate of drug-likeness (QED) is 0.0811. The number of amides is 5. The number of para-hydroxylation sites is 1. The standard InChI is InChI=1S/C41H41F4N5O7/c1-25(40(56)57)46-37(53)33(22-26-8-4-2-5-9-26)49-39(55)34(24-27-12-16-29(17-13-27)41(43,44)45)50-38(54)32(23-28-14-18-30(42)19-15-28)48-36(52)21-20-35(51)47-31-10-6-3-7-11-31/h2-19,25,32-34H,20-24H2,1H3,(H,46,53)(H,47,51)(H,48,52)(H,49,55)(H,50,54)(H,56,57)/t25-,32+,33+,34-/m0/s1. The summed E-state index contributed by atoms with van der Waals surface area (Å²) in [6, 6.07) is 20.2. The van der Waals surface area contributed by atoms with Gasteiger partial charge in [0.2, 0.25) is 29.5 Å². The van der Waals surface area contributed by atoms with Crippen molar-refractivity contribution in [1.29, 1.82) is 0 Å². The molecule has 6 N–H and O–H groups in total. The van der Waals surface area contributed by atoms with Crippen molar-refractivity contribution in [3.8, 4) is 0 Å². The largest absolute Gasteiger partial charge is 0.480 e. The third-order valence-electron chi connectivity index (χ3n) is 8.64. The molecule has 0 aromatic heterocycles. The van der Waals surface area contributed by atoms with Gasteiger partial charge >= 0.3 is 12.1 Å². The number of carbonyl (C=O) groups excluding carboxylic acids is 5.